The first-order chi connectivity index (χ1) is 14.8. The molecule has 0 radical (unpaired) electrons. The molecule has 0 unspecified atom stereocenters. The van der Waals surface area contributed by atoms with Gasteiger partial charge in [0.05, 0.1) is 23.9 Å². The lowest BCUT2D eigenvalue weighted by Crippen LogP contribution is -2.28. The van der Waals surface area contributed by atoms with Gasteiger partial charge in [-0.25, -0.2) is 18.0 Å². The molecule has 3 aromatic carbocycles. The molecule has 0 fully saturated rings. The third-order valence-corrected chi connectivity index (χ3v) is 6.45. The van der Waals surface area contributed by atoms with Crippen molar-refractivity contribution in [2.75, 3.05) is 18.5 Å². The Hall–Kier alpha value is -3.65. The van der Waals surface area contributed by atoms with Crippen LogP contribution < -0.4 is 4.31 Å². The van der Waals surface area contributed by atoms with Gasteiger partial charge in [-0.1, -0.05) is 42.5 Å². The van der Waals surface area contributed by atoms with Gasteiger partial charge in [-0.2, -0.15) is 0 Å². The van der Waals surface area contributed by atoms with Crippen molar-refractivity contribution in [3.63, 3.8) is 0 Å². The van der Waals surface area contributed by atoms with Crippen LogP contribution in [0.25, 0.3) is 0 Å². The third kappa shape index (κ3) is 4.92. The second-order valence-electron chi connectivity index (χ2n) is 6.57. The van der Waals surface area contributed by atoms with E-state index in [-0.39, 0.29) is 17.1 Å². The summed E-state index contributed by atoms with van der Waals surface area (Å²) in [5.74, 6) is -1.23. The van der Waals surface area contributed by atoms with Gasteiger partial charge in [0.15, 0.2) is 0 Å². The number of anilines is 1. The zero-order valence-electron chi connectivity index (χ0n) is 17.0. The van der Waals surface area contributed by atoms with Crippen LogP contribution in [0.15, 0.2) is 83.8 Å². The summed E-state index contributed by atoms with van der Waals surface area (Å²) in [4.78, 5) is 24.0. The summed E-state index contributed by atoms with van der Waals surface area (Å²) in [7, 11) is -1.27. The molecule has 7 nitrogen and oxygen atoms in total. The van der Waals surface area contributed by atoms with Crippen LogP contribution in [0, 0.1) is 0 Å². The van der Waals surface area contributed by atoms with Crippen molar-refractivity contribution >= 4 is 27.6 Å². The van der Waals surface area contributed by atoms with Crippen LogP contribution in [0.1, 0.15) is 26.3 Å². The van der Waals surface area contributed by atoms with Crippen molar-refractivity contribution in [3.05, 3.63) is 95.6 Å². The Balaban J connectivity index is 1.79. The predicted octanol–water partition coefficient (Wildman–Crippen LogP) is 3.66. The van der Waals surface area contributed by atoms with Crippen LogP contribution in [-0.4, -0.2) is 34.5 Å². The molecule has 0 spiro atoms. The maximum atomic E-state index is 13.1. The van der Waals surface area contributed by atoms with Crippen LogP contribution in [-0.2, 0) is 26.1 Å². The molecule has 0 saturated carbocycles. The zero-order valence-corrected chi connectivity index (χ0v) is 17.8. The second-order valence-corrected chi connectivity index (χ2v) is 8.51. The molecule has 3 rings (SSSR count). The van der Waals surface area contributed by atoms with Gasteiger partial charge in [0.25, 0.3) is 10.0 Å². The Morgan fingerprint density at radius 1 is 0.839 bits per heavy atom. The minimum Gasteiger partial charge on any atom is -0.465 e. The van der Waals surface area contributed by atoms with Gasteiger partial charge in [-0.15, -0.1) is 0 Å². The van der Waals surface area contributed by atoms with Crippen molar-refractivity contribution in [1.29, 1.82) is 0 Å². The number of hydrogen-bond acceptors (Lipinski definition) is 6. The number of hydrogen-bond donors (Lipinski definition) is 0. The standard InChI is InChI=1S/C23H21NO6S/c1-24(19-8-4-3-5-9-19)31(27,28)21-11-7-6-10-20(21)23(26)30-16-17-12-14-18(15-13-17)22(25)29-2/h3-15H,16H2,1-2H3. The summed E-state index contributed by atoms with van der Waals surface area (Å²) < 4.78 is 37.4. The zero-order chi connectivity index (χ0) is 22.4. The molecule has 0 aromatic heterocycles. The number of methoxy groups -OCH3 is 1. The number of carbonyl (C=O) groups excluding carboxylic acids is 2. The Morgan fingerprint density at radius 2 is 1.45 bits per heavy atom. The Morgan fingerprint density at radius 3 is 2.10 bits per heavy atom. The molecular formula is C23H21NO6S. The van der Waals surface area contributed by atoms with Crippen LogP contribution in [0.4, 0.5) is 5.69 Å². The van der Waals surface area contributed by atoms with Crippen molar-refractivity contribution < 1.29 is 27.5 Å². The van der Waals surface area contributed by atoms with E-state index in [4.69, 9.17) is 4.74 Å². The molecule has 0 aliphatic carbocycles. The average Bonchev–Trinajstić information content (AvgIpc) is 2.82. The van der Waals surface area contributed by atoms with E-state index in [1.165, 1.54) is 26.3 Å². The van der Waals surface area contributed by atoms with Crippen molar-refractivity contribution in [2.45, 2.75) is 11.5 Å². The number of sulfonamides is 1. The number of ether oxygens (including phenoxy) is 2. The Labute approximate surface area is 180 Å². The summed E-state index contributed by atoms with van der Waals surface area (Å²) in [5.41, 5.74) is 1.42. The smallest absolute Gasteiger partial charge is 0.339 e. The highest BCUT2D eigenvalue weighted by atomic mass is 32.2. The summed E-state index contributed by atoms with van der Waals surface area (Å²) in [6, 6.07) is 20.9. The molecule has 0 amide bonds. The van der Waals surface area contributed by atoms with Gasteiger partial charge >= 0.3 is 11.9 Å². The molecule has 0 aliphatic rings. The molecule has 8 heteroatoms. The van der Waals surface area contributed by atoms with Gasteiger partial charge in [0.1, 0.15) is 11.5 Å². The highest BCUT2D eigenvalue weighted by molar-refractivity contribution is 7.92. The van der Waals surface area contributed by atoms with E-state index in [1.807, 2.05) is 0 Å². The third-order valence-electron chi connectivity index (χ3n) is 4.61. The molecule has 3 aromatic rings. The van der Waals surface area contributed by atoms with E-state index in [0.717, 1.165) is 4.31 Å². The van der Waals surface area contributed by atoms with E-state index in [9.17, 15) is 18.0 Å². The predicted molar refractivity (Wildman–Crippen MR) is 115 cm³/mol. The fourth-order valence-electron chi connectivity index (χ4n) is 2.87. The van der Waals surface area contributed by atoms with Crippen LogP contribution in [0.2, 0.25) is 0 Å². The number of rotatable bonds is 7. The van der Waals surface area contributed by atoms with E-state index in [2.05, 4.69) is 4.74 Å². The Kier molecular flexibility index (Phi) is 6.71. The monoisotopic (exact) mass is 439 g/mol. The maximum Gasteiger partial charge on any atom is 0.339 e. The number of para-hydroxylation sites is 1. The summed E-state index contributed by atoms with van der Waals surface area (Å²) in [6.07, 6.45) is 0. The summed E-state index contributed by atoms with van der Waals surface area (Å²) >= 11 is 0. The molecule has 0 heterocycles. The number of nitrogens with zero attached hydrogens (tertiary/aromatic N) is 1. The molecule has 0 N–H and O–H groups in total. The quantitative estimate of drug-likeness (QED) is 0.522. The van der Waals surface area contributed by atoms with Gasteiger partial charge in [-0.05, 0) is 42.0 Å². The molecule has 31 heavy (non-hydrogen) atoms. The summed E-state index contributed by atoms with van der Waals surface area (Å²) in [6.45, 7) is -0.0802. The van der Waals surface area contributed by atoms with Crippen LogP contribution >= 0.6 is 0 Å². The lowest BCUT2D eigenvalue weighted by Gasteiger charge is -2.20. The molecule has 0 aliphatic heterocycles. The van der Waals surface area contributed by atoms with Gasteiger partial charge in [0.2, 0.25) is 0 Å². The fourth-order valence-corrected chi connectivity index (χ4v) is 4.24. The minimum atomic E-state index is -3.99. The average molecular weight is 439 g/mol. The van der Waals surface area contributed by atoms with Crippen LogP contribution in [0.5, 0.6) is 0 Å². The van der Waals surface area contributed by atoms with Crippen LogP contribution in [0.3, 0.4) is 0 Å². The van der Waals surface area contributed by atoms with E-state index >= 15 is 0 Å². The minimum absolute atomic E-state index is 0.0588. The lowest BCUT2D eigenvalue weighted by molar-refractivity contribution is 0.0467. The first kappa shape index (κ1) is 22.0. The topological polar surface area (TPSA) is 90.0 Å². The fraction of sp³-hybridized carbons (Fsp3) is 0.130. The van der Waals surface area contributed by atoms with E-state index in [0.29, 0.717) is 16.8 Å². The maximum absolute atomic E-state index is 13.1. The molecular weight excluding hydrogens is 418 g/mol. The normalized spacial score (nSPS) is 10.9. The Bertz CT molecular complexity index is 1170. The molecule has 0 atom stereocenters. The first-order valence-corrected chi connectivity index (χ1v) is 10.8. The highest BCUT2D eigenvalue weighted by Gasteiger charge is 2.27. The second kappa shape index (κ2) is 9.44. The number of carbonyl (C=O) groups is 2. The van der Waals surface area contributed by atoms with Gasteiger partial charge in [-0.3, -0.25) is 4.31 Å². The van der Waals surface area contributed by atoms with Crippen molar-refractivity contribution in [2.24, 2.45) is 0 Å². The largest absolute Gasteiger partial charge is 0.465 e. The van der Waals surface area contributed by atoms with Crippen molar-refractivity contribution in [1.82, 2.24) is 0 Å². The van der Waals surface area contributed by atoms with E-state index in [1.54, 1.807) is 66.7 Å². The lowest BCUT2D eigenvalue weighted by atomic mass is 10.1. The van der Waals surface area contributed by atoms with Crippen molar-refractivity contribution in [3.8, 4) is 0 Å². The van der Waals surface area contributed by atoms with E-state index < -0.39 is 22.0 Å². The summed E-state index contributed by atoms with van der Waals surface area (Å²) in [5, 5.41) is 0. The first-order valence-electron chi connectivity index (χ1n) is 9.32. The number of benzene rings is 3. The van der Waals surface area contributed by atoms with Gasteiger partial charge < -0.3 is 9.47 Å². The SMILES string of the molecule is COC(=O)c1ccc(COC(=O)c2ccccc2S(=O)(=O)N(C)c2ccccc2)cc1. The number of esters is 2. The molecule has 0 saturated heterocycles. The molecule has 0 bridgehead atoms. The molecule has 160 valence electrons. The highest BCUT2D eigenvalue weighted by Crippen LogP contribution is 2.25. The van der Waals surface area contributed by atoms with Gasteiger partial charge in [0, 0.05) is 7.05 Å².